The van der Waals surface area contributed by atoms with E-state index in [0.29, 0.717) is 23.9 Å². The summed E-state index contributed by atoms with van der Waals surface area (Å²) in [5, 5.41) is 6.20. The summed E-state index contributed by atoms with van der Waals surface area (Å²) in [6.45, 7) is 4.19. The van der Waals surface area contributed by atoms with Crippen LogP contribution in [-0.2, 0) is 11.3 Å². The van der Waals surface area contributed by atoms with Gasteiger partial charge in [-0.1, -0.05) is 12.1 Å². The number of aryl methyl sites for hydroxylation is 1. The number of ether oxygens (including phenoxy) is 2. The van der Waals surface area contributed by atoms with Crippen LogP contribution in [0.25, 0.3) is 11.5 Å². The van der Waals surface area contributed by atoms with Gasteiger partial charge in [0.25, 0.3) is 0 Å². The first-order valence-electron chi connectivity index (χ1n) is 9.27. The van der Waals surface area contributed by atoms with Crippen molar-refractivity contribution in [2.45, 2.75) is 26.4 Å². The summed E-state index contributed by atoms with van der Waals surface area (Å²) in [5.41, 5.74) is 3.65. The number of anilines is 1. The van der Waals surface area contributed by atoms with E-state index in [0.717, 1.165) is 22.4 Å². The lowest BCUT2D eigenvalue weighted by atomic mass is 10.1. The molecule has 7 nitrogen and oxygen atoms in total. The Balaban J connectivity index is 1.63. The van der Waals surface area contributed by atoms with Gasteiger partial charge in [-0.2, -0.15) is 0 Å². The van der Waals surface area contributed by atoms with E-state index in [-0.39, 0.29) is 5.91 Å². The van der Waals surface area contributed by atoms with Gasteiger partial charge in [0.15, 0.2) is 11.5 Å². The van der Waals surface area contributed by atoms with Gasteiger partial charge >= 0.3 is 0 Å². The van der Waals surface area contributed by atoms with Crippen LogP contribution in [0.3, 0.4) is 0 Å². The van der Waals surface area contributed by atoms with Crippen molar-refractivity contribution in [3.8, 4) is 23.0 Å². The van der Waals surface area contributed by atoms with Gasteiger partial charge in [0.2, 0.25) is 11.8 Å². The second-order valence-corrected chi connectivity index (χ2v) is 6.64. The average molecular weight is 395 g/mol. The van der Waals surface area contributed by atoms with Gasteiger partial charge in [-0.3, -0.25) is 4.79 Å². The van der Waals surface area contributed by atoms with Crippen molar-refractivity contribution in [2.75, 3.05) is 19.5 Å². The van der Waals surface area contributed by atoms with Crippen LogP contribution in [0.1, 0.15) is 18.1 Å². The molecule has 1 atom stereocenters. The van der Waals surface area contributed by atoms with Crippen LogP contribution < -0.4 is 20.1 Å². The molecule has 0 aliphatic rings. The van der Waals surface area contributed by atoms with Crippen molar-refractivity contribution >= 4 is 11.6 Å². The number of amides is 1. The topological polar surface area (TPSA) is 85.6 Å². The second kappa shape index (κ2) is 9.14. The summed E-state index contributed by atoms with van der Waals surface area (Å²) < 4.78 is 15.9. The van der Waals surface area contributed by atoms with Crippen LogP contribution in [0.2, 0.25) is 0 Å². The minimum Gasteiger partial charge on any atom is -0.493 e. The summed E-state index contributed by atoms with van der Waals surface area (Å²) in [7, 11) is 3.17. The Bertz CT molecular complexity index is 970. The van der Waals surface area contributed by atoms with E-state index in [1.165, 1.54) is 6.26 Å². The third-order valence-corrected chi connectivity index (χ3v) is 4.60. The first kappa shape index (κ1) is 20.3. The van der Waals surface area contributed by atoms with Gasteiger partial charge in [-0.15, -0.1) is 0 Å². The Morgan fingerprint density at radius 3 is 2.62 bits per heavy atom. The van der Waals surface area contributed by atoms with Crippen molar-refractivity contribution in [1.82, 2.24) is 10.3 Å². The molecule has 1 aromatic heterocycles. The molecule has 0 aliphatic heterocycles. The molecule has 2 aromatic carbocycles. The van der Waals surface area contributed by atoms with Gasteiger partial charge in [0.05, 0.1) is 20.4 Å². The highest BCUT2D eigenvalue weighted by Crippen LogP contribution is 2.27. The predicted molar refractivity (Wildman–Crippen MR) is 111 cm³/mol. The van der Waals surface area contributed by atoms with Gasteiger partial charge in [-0.05, 0) is 49.2 Å². The van der Waals surface area contributed by atoms with Crippen molar-refractivity contribution in [1.29, 1.82) is 0 Å². The Hall–Kier alpha value is -3.48. The average Bonchev–Trinajstić information content (AvgIpc) is 3.28. The van der Waals surface area contributed by atoms with Crippen molar-refractivity contribution in [3.05, 3.63) is 60.0 Å². The van der Waals surface area contributed by atoms with E-state index >= 15 is 0 Å². The maximum Gasteiger partial charge on any atom is 0.242 e. The molecule has 2 N–H and O–H groups in total. The number of methoxy groups -OCH3 is 2. The molecule has 0 saturated heterocycles. The smallest absolute Gasteiger partial charge is 0.242 e. The Morgan fingerprint density at radius 1 is 1.14 bits per heavy atom. The Labute approximate surface area is 170 Å². The molecule has 3 aromatic rings. The SMILES string of the molecule is COc1ccc(CNC(=O)C(C)Nc2cc(-c3ncco3)ccc2C)cc1OC. The summed E-state index contributed by atoms with van der Waals surface area (Å²) in [5.74, 6) is 1.71. The standard InChI is InChI=1S/C22H25N3O4/c1-14-5-7-17(22-23-9-10-29-22)12-18(14)25-15(2)21(26)24-13-16-6-8-19(27-3)20(11-16)28-4/h5-12,15,25H,13H2,1-4H3,(H,24,26). The molecule has 29 heavy (non-hydrogen) atoms. The number of hydrogen-bond donors (Lipinski definition) is 2. The molecule has 1 unspecified atom stereocenters. The zero-order valence-electron chi connectivity index (χ0n) is 17.0. The molecule has 1 heterocycles. The van der Waals surface area contributed by atoms with E-state index in [4.69, 9.17) is 13.9 Å². The number of aromatic nitrogens is 1. The lowest BCUT2D eigenvalue weighted by Gasteiger charge is -2.18. The maximum atomic E-state index is 12.6. The zero-order valence-corrected chi connectivity index (χ0v) is 17.0. The number of nitrogens with zero attached hydrogens (tertiary/aromatic N) is 1. The van der Waals surface area contributed by atoms with E-state index in [1.54, 1.807) is 20.4 Å². The molecule has 0 aliphatic carbocycles. The van der Waals surface area contributed by atoms with Crippen LogP contribution in [0.5, 0.6) is 11.5 Å². The summed E-state index contributed by atoms with van der Waals surface area (Å²) in [4.78, 5) is 16.7. The Kier molecular flexibility index (Phi) is 6.39. The van der Waals surface area contributed by atoms with E-state index in [9.17, 15) is 4.79 Å². The van der Waals surface area contributed by atoms with Crippen LogP contribution in [-0.4, -0.2) is 31.2 Å². The zero-order chi connectivity index (χ0) is 20.8. The molecule has 0 bridgehead atoms. The van der Waals surface area contributed by atoms with Crippen molar-refractivity contribution in [3.63, 3.8) is 0 Å². The van der Waals surface area contributed by atoms with Crippen LogP contribution in [0, 0.1) is 6.92 Å². The molecule has 1 amide bonds. The summed E-state index contributed by atoms with van der Waals surface area (Å²) in [6.07, 6.45) is 3.14. The number of oxazole rings is 1. The number of rotatable bonds is 8. The highest BCUT2D eigenvalue weighted by atomic mass is 16.5. The van der Waals surface area contributed by atoms with Gasteiger partial charge in [0, 0.05) is 17.8 Å². The lowest BCUT2D eigenvalue weighted by molar-refractivity contribution is -0.121. The molecule has 0 fully saturated rings. The van der Waals surface area contributed by atoms with Crippen LogP contribution >= 0.6 is 0 Å². The fourth-order valence-corrected chi connectivity index (χ4v) is 2.91. The van der Waals surface area contributed by atoms with Crippen LogP contribution in [0.15, 0.2) is 53.3 Å². The van der Waals surface area contributed by atoms with Crippen molar-refractivity contribution < 1.29 is 18.7 Å². The fourth-order valence-electron chi connectivity index (χ4n) is 2.91. The number of hydrogen-bond acceptors (Lipinski definition) is 6. The Morgan fingerprint density at radius 2 is 1.93 bits per heavy atom. The fraction of sp³-hybridized carbons (Fsp3) is 0.273. The number of carbonyl (C=O) groups is 1. The molecular formula is C22H25N3O4. The number of benzene rings is 2. The van der Waals surface area contributed by atoms with Gasteiger partial charge < -0.3 is 24.5 Å². The molecule has 3 rings (SSSR count). The highest BCUT2D eigenvalue weighted by molar-refractivity contribution is 5.84. The van der Waals surface area contributed by atoms with E-state index in [2.05, 4.69) is 15.6 Å². The first-order chi connectivity index (χ1) is 14.0. The second-order valence-electron chi connectivity index (χ2n) is 6.64. The molecule has 0 saturated carbocycles. The normalized spacial score (nSPS) is 11.6. The van der Waals surface area contributed by atoms with E-state index in [1.807, 2.05) is 50.2 Å². The maximum absolute atomic E-state index is 12.6. The molecule has 0 spiro atoms. The molecular weight excluding hydrogens is 370 g/mol. The summed E-state index contributed by atoms with van der Waals surface area (Å²) >= 11 is 0. The molecule has 7 heteroatoms. The summed E-state index contributed by atoms with van der Waals surface area (Å²) in [6, 6.07) is 11.0. The largest absolute Gasteiger partial charge is 0.493 e. The third-order valence-electron chi connectivity index (χ3n) is 4.60. The van der Waals surface area contributed by atoms with Gasteiger partial charge in [0.1, 0.15) is 12.3 Å². The molecule has 0 radical (unpaired) electrons. The van der Waals surface area contributed by atoms with Gasteiger partial charge in [-0.25, -0.2) is 4.98 Å². The minimum atomic E-state index is -0.423. The van der Waals surface area contributed by atoms with Crippen molar-refractivity contribution in [2.24, 2.45) is 0 Å². The quantitative estimate of drug-likeness (QED) is 0.604. The van der Waals surface area contributed by atoms with Crippen LogP contribution in [0.4, 0.5) is 5.69 Å². The minimum absolute atomic E-state index is 0.110. The molecule has 152 valence electrons. The first-order valence-corrected chi connectivity index (χ1v) is 9.27. The lowest BCUT2D eigenvalue weighted by Crippen LogP contribution is -2.37. The number of nitrogens with one attached hydrogen (secondary N) is 2. The number of carbonyl (C=O) groups excluding carboxylic acids is 1. The van der Waals surface area contributed by atoms with E-state index < -0.39 is 6.04 Å². The highest BCUT2D eigenvalue weighted by Gasteiger charge is 2.15. The predicted octanol–water partition coefficient (Wildman–Crippen LogP) is 3.78. The third kappa shape index (κ3) is 4.87. The monoisotopic (exact) mass is 395 g/mol.